The van der Waals surface area contributed by atoms with Gasteiger partial charge in [-0.25, -0.2) is 5.10 Å². The number of alkyl halides is 3. The van der Waals surface area contributed by atoms with Crippen LogP contribution < -0.4 is 0 Å². The van der Waals surface area contributed by atoms with Gasteiger partial charge < -0.3 is 0 Å². The van der Waals surface area contributed by atoms with E-state index in [0.29, 0.717) is 16.8 Å². The Morgan fingerprint density at radius 1 is 1.12 bits per heavy atom. The summed E-state index contributed by atoms with van der Waals surface area (Å²) in [6.07, 6.45) is -4.44. The van der Waals surface area contributed by atoms with Crippen LogP contribution in [0.2, 0.25) is 0 Å². The molecule has 5 nitrogen and oxygen atoms in total. The number of nitrogens with one attached hydrogen (secondary N) is 1. The first-order chi connectivity index (χ1) is 11.4. The molecule has 0 radical (unpaired) electrons. The highest BCUT2D eigenvalue weighted by atomic mass is 19.4. The number of halogens is 3. The van der Waals surface area contributed by atoms with Gasteiger partial charge in [-0.05, 0) is 25.1 Å². The van der Waals surface area contributed by atoms with Crippen LogP contribution in [0.15, 0.2) is 36.4 Å². The summed E-state index contributed by atoms with van der Waals surface area (Å²) in [5, 5.41) is 18.9. The van der Waals surface area contributed by atoms with Crippen molar-refractivity contribution in [1.29, 1.82) is 5.26 Å². The predicted molar refractivity (Wildman–Crippen MR) is 79.5 cm³/mol. The van der Waals surface area contributed by atoms with E-state index >= 15 is 0 Å². The number of nitriles is 1. The molecule has 0 spiro atoms. The van der Waals surface area contributed by atoms with E-state index in [1.54, 1.807) is 24.3 Å². The molecule has 0 amide bonds. The summed E-state index contributed by atoms with van der Waals surface area (Å²) in [6, 6.07) is 10.6. The van der Waals surface area contributed by atoms with Gasteiger partial charge in [0.25, 0.3) is 0 Å². The van der Waals surface area contributed by atoms with Crippen molar-refractivity contribution in [2.75, 3.05) is 0 Å². The normalized spacial score (nSPS) is 11.3. The molecule has 120 valence electrons. The summed E-state index contributed by atoms with van der Waals surface area (Å²) in [4.78, 5) is 4.17. The Morgan fingerprint density at radius 3 is 2.58 bits per heavy atom. The average molecular weight is 329 g/mol. The monoisotopic (exact) mass is 329 g/mol. The third kappa shape index (κ3) is 2.96. The predicted octanol–water partition coefficient (Wildman–Crippen LogP) is 3.73. The van der Waals surface area contributed by atoms with Gasteiger partial charge in [-0.1, -0.05) is 23.4 Å². The summed E-state index contributed by atoms with van der Waals surface area (Å²) in [6.45, 7) is 1.51. The summed E-state index contributed by atoms with van der Waals surface area (Å²) >= 11 is 0. The Morgan fingerprint density at radius 2 is 1.88 bits per heavy atom. The molecular weight excluding hydrogens is 319 g/mol. The van der Waals surface area contributed by atoms with Crippen molar-refractivity contribution in [3.05, 3.63) is 53.3 Å². The number of aryl methyl sites for hydroxylation is 1. The number of benzene rings is 1. The first kappa shape index (κ1) is 15.7. The highest BCUT2D eigenvalue weighted by Crippen LogP contribution is 2.33. The highest BCUT2D eigenvalue weighted by molar-refractivity contribution is 5.71. The Balaban J connectivity index is 2.10. The van der Waals surface area contributed by atoms with E-state index in [1.165, 1.54) is 6.92 Å². The number of H-pyrrole nitrogens is 1. The van der Waals surface area contributed by atoms with Crippen LogP contribution in [0.4, 0.5) is 13.2 Å². The minimum absolute atomic E-state index is 0.181. The minimum Gasteiger partial charge on any atom is -0.253 e. The third-order valence-corrected chi connectivity index (χ3v) is 3.37. The van der Waals surface area contributed by atoms with Crippen LogP contribution >= 0.6 is 0 Å². The van der Waals surface area contributed by atoms with Gasteiger partial charge in [0.1, 0.15) is 11.8 Å². The minimum atomic E-state index is -4.44. The summed E-state index contributed by atoms with van der Waals surface area (Å²) in [5.41, 5.74) is 1.29. The van der Waals surface area contributed by atoms with Crippen LogP contribution in [0.1, 0.15) is 17.0 Å². The standard InChI is InChI=1S/C16H10F3N5/c1-9-5-12(16(17,18)19)7-13(21-9)10-3-2-4-11(6-10)15-14(8-20)22-24-23-15/h2-7H,1H3,(H,22,23,24). The van der Waals surface area contributed by atoms with E-state index in [0.717, 1.165) is 12.1 Å². The molecular formula is C16H10F3N5. The largest absolute Gasteiger partial charge is 0.416 e. The van der Waals surface area contributed by atoms with Gasteiger partial charge in [0.15, 0.2) is 5.69 Å². The van der Waals surface area contributed by atoms with Crippen molar-refractivity contribution in [1.82, 2.24) is 20.4 Å². The zero-order valence-electron chi connectivity index (χ0n) is 12.4. The Kier molecular flexibility index (Phi) is 3.77. The highest BCUT2D eigenvalue weighted by Gasteiger charge is 2.31. The van der Waals surface area contributed by atoms with Gasteiger partial charge >= 0.3 is 6.18 Å². The van der Waals surface area contributed by atoms with Crippen LogP contribution in [0, 0.1) is 18.3 Å². The summed E-state index contributed by atoms with van der Waals surface area (Å²) < 4.78 is 38.9. The molecule has 0 aliphatic carbocycles. The number of aromatic amines is 1. The van der Waals surface area contributed by atoms with Crippen molar-refractivity contribution in [2.45, 2.75) is 13.1 Å². The zero-order valence-corrected chi connectivity index (χ0v) is 12.4. The van der Waals surface area contributed by atoms with Gasteiger partial charge in [0.2, 0.25) is 0 Å². The molecule has 8 heteroatoms. The maximum Gasteiger partial charge on any atom is 0.416 e. The number of hydrogen-bond acceptors (Lipinski definition) is 4. The number of hydrogen-bond donors (Lipinski definition) is 1. The lowest BCUT2D eigenvalue weighted by atomic mass is 10.0. The fourth-order valence-electron chi connectivity index (χ4n) is 2.31. The van der Waals surface area contributed by atoms with Gasteiger partial charge in [0.05, 0.1) is 11.3 Å². The zero-order chi connectivity index (χ0) is 17.3. The van der Waals surface area contributed by atoms with E-state index in [1.807, 2.05) is 6.07 Å². The maximum absolute atomic E-state index is 13.0. The molecule has 24 heavy (non-hydrogen) atoms. The summed E-state index contributed by atoms with van der Waals surface area (Å²) in [7, 11) is 0. The number of aromatic nitrogens is 4. The van der Waals surface area contributed by atoms with E-state index in [-0.39, 0.29) is 17.1 Å². The Labute approximate surface area is 134 Å². The third-order valence-electron chi connectivity index (χ3n) is 3.37. The molecule has 0 fully saturated rings. The fourth-order valence-corrected chi connectivity index (χ4v) is 2.31. The Hall–Kier alpha value is -3.21. The van der Waals surface area contributed by atoms with Crippen LogP contribution in [0.5, 0.6) is 0 Å². The molecule has 0 saturated carbocycles. The van der Waals surface area contributed by atoms with Crippen molar-refractivity contribution >= 4 is 0 Å². The number of pyridine rings is 1. The lowest BCUT2D eigenvalue weighted by Crippen LogP contribution is -2.06. The molecule has 3 aromatic rings. The molecule has 0 aliphatic heterocycles. The number of rotatable bonds is 2. The van der Waals surface area contributed by atoms with Crippen LogP contribution in [0.3, 0.4) is 0 Å². The van der Waals surface area contributed by atoms with E-state index in [9.17, 15) is 13.2 Å². The second-order valence-corrected chi connectivity index (χ2v) is 5.11. The topological polar surface area (TPSA) is 78.2 Å². The molecule has 2 aromatic heterocycles. The smallest absolute Gasteiger partial charge is 0.253 e. The molecule has 0 unspecified atom stereocenters. The first-order valence-corrected chi connectivity index (χ1v) is 6.86. The van der Waals surface area contributed by atoms with Gasteiger partial charge in [-0.3, -0.25) is 4.98 Å². The first-order valence-electron chi connectivity index (χ1n) is 6.86. The average Bonchev–Trinajstić information content (AvgIpc) is 3.02. The van der Waals surface area contributed by atoms with E-state index in [2.05, 4.69) is 20.4 Å². The van der Waals surface area contributed by atoms with Crippen molar-refractivity contribution in [3.8, 4) is 28.6 Å². The van der Waals surface area contributed by atoms with Crippen LogP contribution in [0.25, 0.3) is 22.5 Å². The lowest BCUT2D eigenvalue weighted by molar-refractivity contribution is -0.137. The van der Waals surface area contributed by atoms with Crippen LogP contribution in [-0.2, 0) is 6.18 Å². The lowest BCUT2D eigenvalue weighted by Gasteiger charge is -2.10. The molecule has 0 aliphatic rings. The van der Waals surface area contributed by atoms with Gasteiger partial charge in [-0.15, -0.1) is 5.10 Å². The summed E-state index contributed by atoms with van der Waals surface area (Å²) in [5.74, 6) is 0. The molecule has 3 rings (SSSR count). The second kappa shape index (κ2) is 5.77. The molecule has 1 N–H and O–H groups in total. The Bertz CT molecular complexity index is 937. The molecule has 1 aromatic carbocycles. The molecule has 2 heterocycles. The fraction of sp³-hybridized carbons (Fsp3) is 0.125. The quantitative estimate of drug-likeness (QED) is 0.777. The number of nitrogens with zero attached hydrogens (tertiary/aromatic N) is 4. The van der Waals surface area contributed by atoms with Crippen LogP contribution in [-0.4, -0.2) is 20.4 Å². The van der Waals surface area contributed by atoms with Crippen molar-refractivity contribution < 1.29 is 13.2 Å². The van der Waals surface area contributed by atoms with E-state index < -0.39 is 11.7 Å². The molecule has 0 bridgehead atoms. The maximum atomic E-state index is 13.0. The van der Waals surface area contributed by atoms with Crippen molar-refractivity contribution in [2.24, 2.45) is 0 Å². The molecule has 0 atom stereocenters. The van der Waals surface area contributed by atoms with E-state index in [4.69, 9.17) is 5.26 Å². The van der Waals surface area contributed by atoms with Gasteiger partial charge in [-0.2, -0.15) is 18.4 Å². The van der Waals surface area contributed by atoms with Crippen molar-refractivity contribution in [3.63, 3.8) is 0 Å². The van der Waals surface area contributed by atoms with Gasteiger partial charge in [0, 0.05) is 16.8 Å². The SMILES string of the molecule is Cc1cc(C(F)(F)F)cc(-c2cccc(-c3nn[nH]c3C#N)c2)n1. The second-order valence-electron chi connectivity index (χ2n) is 5.11. The molecule has 0 saturated heterocycles.